The van der Waals surface area contributed by atoms with Crippen molar-refractivity contribution in [2.75, 3.05) is 31.1 Å². The Balaban J connectivity index is 1.85. The van der Waals surface area contributed by atoms with Crippen LogP contribution in [-0.2, 0) is 4.79 Å². The molecule has 0 bridgehead atoms. The monoisotopic (exact) mass is 389 g/mol. The smallest absolute Gasteiger partial charge is 0.308 e. The maximum absolute atomic E-state index is 12.8. The number of nitrogens with zero attached hydrogens (tertiary/aromatic N) is 3. The van der Waals surface area contributed by atoms with Crippen molar-refractivity contribution in [3.05, 3.63) is 33.9 Å². The van der Waals surface area contributed by atoms with Gasteiger partial charge in [0.25, 0.3) is 11.6 Å². The summed E-state index contributed by atoms with van der Waals surface area (Å²) in [5, 5.41) is 20.9. The van der Waals surface area contributed by atoms with E-state index in [1.807, 2.05) is 4.90 Å². The van der Waals surface area contributed by atoms with Gasteiger partial charge in [-0.25, -0.2) is 0 Å². The van der Waals surface area contributed by atoms with Crippen LogP contribution >= 0.6 is 0 Å². The van der Waals surface area contributed by atoms with E-state index in [2.05, 4.69) is 13.8 Å². The van der Waals surface area contributed by atoms with Gasteiger partial charge in [-0.3, -0.25) is 19.7 Å². The second kappa shape index (κ2) is 8.16. The van der Waals surface area contributed by atoms with Crippen LogP contribution in [-0.4, -0.2) is 53.0 Å². The van der Waals surface area contributed by atoms with Crippen molar-refractivity contribution in [1.82, 2.24) is 4.90 Å². The molecule has 8 nitrogen and oxygen atoms in total. The van der Waals surface area contributed by atoms with Crippen molar-refractivity contribution >= 4 is 23.3 Å². The minimum atomic E-state index is -0.910. The van der Waals surface area contributed by atoms with Gasteiger partial charge in [0.1, 0.15) is 5.69 Å². The number of hydrogen-bond donors (Lipinski definition) is 1. The van der Waals surface area contributed by atoms with Crippen LogP contribution in [0.4, 0.5) is 11.4 Å². The van der Waals surface area contributed by atoms with E-state index in [1.165, 1.54) is 11.0 Å². The second-order valence-electron chi connectivity index (χ2n) is 8.24. The minimum Gasteiger partial charge on any atom is -0.481 e. The van der Waals surface area contributed by atoms with E-state index in [-0.39, 0.29) is 23.7 Å². The largest absolute Gasteiger partial charge is 0.481 e. The van der Waals surface area contributed by atoms with Crippen LogP contribution in [0.5, 0.6) is 0 Å². The fraction of sp³-hybridized carbons (Fsp3) is 0.600. The molecule has 0 aliphatic carbocycles. The van der Waals surface area contributed by atoms with Gasteiger partial charge in [0.15, 0.2) is 0 Å². The molecule has 2 fully saturated rings. The number of piperidine rings is 2. The van der Waals surface area contributed by atoms with Gasteiger partial charge in [0.2, 0.25) is 0 Å². The molecule has 3 atom stereocenters. The Morgan fingerprint density at radius 2 is 1.86 bits per heavy atom. The summed E-state index contributed by atoms with van der Waals surface area (Å²) in [4.78, 5) is 38.9. The molecule has 1 aromatic rings. The van der Waals surface area contributed by atoms with Gasteiger partial charge in [-0.05, 0) is 43.2 Å². The highest BCUT2D eigenvalue weighted by molar-refractivity contribution is 5.96. The Hall–Kier alpha value is -2.64. The Morgan fingerprint density at radius 1 is 1.18 bits per heavy atom. The van der Waals surface area contributed by atoms with Gasteiger partial charge in [-0.15, -0.1) is 0 Å². The van der Waals surface area contributed by atoms with Crippen molar-refractivity contribution < 1.29 is 19.6 Å². The number of nitro benzene ring substituents is 1. The number of nitro groups is 1. The van der Waals surface area contributed by atoms with Crippen molar-refractivity contribution in [3.8, 4) is 0 Å². The molecule has 0 spiro atoms. The van der Waals surface area contributed by atoms with E-state index >= 15 is 0 Å². The molecule has 3 unspecified atom stereocenters. The number of carbonyl (C=O) groups excluding carboxylic acids is 1. The molecule has 2 aliphatic rings. The summed E-state index contributed by atoms with van der Waals surface area (Å²) in [5.74, 6) is -0.937. The van der Waals surface area contributed by atoms with Crippen LogP contribution in [0.3, 0.4) is 0 Å². The number of carboxylic acid groups (broad SMARTS) is 1. The molecule has 2 aliphatic heterocycles. The summed E-state index contributed by atoms with van der Waals surface area (Å²) < 4.78 is 0. The van der Waals surface area contributed by atoms with Crippen LogP contribution in [0.1, 0.15) is 43.5 Å². The molecule has 3 rings (SSSR count). The Labute approximate surface area is 164 Å². The predicted octanol–water partition coefficient (Wildman–Crippen LogP) is 3.01. The van der Waals surface area contributed by atoms with Gasteiger partial charge in [0, 0.05) is 37.8 Å². The first kappa shape index (κ1) is 20.1. The first-order valence-electron chi connectivity index (χ1n) is 9.81. The molecule has 2 saturated heterocycles. The number of rotatable bonds is 4. The summed E-state index contributed by atoms with van der Waals surface area (Å²) in [7, 11) is 0. The van der Waals surface area contributed by atoms with Gasteiger partial charge >= 0.3 is 5.97 Å². The normalized spacial score (nSPS) is 25.4. The topological polar surface area (TPSA) is 104 Å². The van der Waals surface area contributed by atoms with Gasteiger partial charge in [-0.1, -0.05) is 13.8 Å². The van der Waals surface area contributed by atoms with Gasteiger partial charge < -0.3 is 14.9 Å². The molecule has 28 heavy (non-hydrogen) atoms. The molecule has 0 radical (unpaired) electrons. The van der Waals surface area contributed by atoms with Crippen molar-refractivity contribution in [3.63, 3.8) is 0 Å². The molecule has 0 aromatic heterocycles. The molecule has 1 N–H and O–H groups in total. The van der Waals surface area contributed by atoms with Gasteiger partial charge in [0.05, 0.1) is 10.8 Å². The summed E-state index contributed by atoms with van der Waals surface area (Å²) >= 11 is 0. The molecule has 8 heteroatoms. The summed E-state index contributed by atoms with van der Waals surface area (Å²) in [6.07, 6.45) is 2.26. The number of likely N-dealkylation sites (tertiary alicyclic amines) is 1. The Morgan fingerprint density at radius 3 is 2.46 bits per heavy atom. The number of hydrogen-bond acceptors (Lipinski definition) is 5. The molecular weight excluding hydrogens is 362 g/mol. The second-order valence-corrected chi connectivity index (χ2v) is 8.24. The SMILES string of the molecule is CC1CC(C)CN(c2ccc(C(=O)N3CCCC(C(=O)O)C3)cc2[N+](=O)[O-])C1. The number of amides is 1. The fourth-order valence-electron chi connectivity index (χ4n) is 4.48. The summed E-state index contributed by atoms with van der Waals surface area (Å²) in [6.45, 7) is 6.41. The molecule has 0 saturated carbocycles. The lowest BCUT2D eigenvalue weighted by Crippen LogP contribution is -2.42. The van der Waals surface area contributed by atoms with E-state index in [0.29, 0.717) is 36.9 Å². The van der Waals surface area contributed by atoms with Crippen molar-refractivity contribution in [2.24, 2.45) is 17.8 Å². The van der Waals surface area contributed by atoms with Crippen LogP contribution in [0, 0.1) is 27.9 Å². The third-order valence-electron chi connectivity index (χ3n) is 5.69. The van der Waals surface area contributed by atoms with E-state index in [4.69, 9.17) is 0 Å². The number of benzene rings is 1. The lowest BCUT2D eigenvalue weighted by atomic mass is 9.91. The highest BCUT2D eigenvalue weighted by Crippen LogP contribution is 2.34. The quantitative estimate of drug-likeness (QED) is 0.627. The van der Waals surface area contributed by atoms with E-state index in [9.17, 15) is 24.8 Å². The molecule has 2 heterocycles. The highest BCUT2D eigenvalue weighted by atomic mass is 16.6. The van der Waals surface area contributed by atoms with E-state index < -0.39 is 16.8 Å². The zero-order valence-corrected chi connectivity index (χ0v) is 16.3. The maximum Gasteiger partial charge on any atom is 0.308 e. The Bertz CT molecular complexity index is 771. The lowest BCUT2D eigenvalue weighted by molar-refractivity contribution is -0.384. The Kier molecular flexibility index (Phi) is 5.86. The van der Waals surface area contributed by atoms with Crippen LogP contribution in [0.2, 0.25) is 0 Å². The average molecular weight is 389 g/mol. The molecule has 152 valence electrons. The number of aliphatic carboxylic acids is 1. The first-order valence-corrected chi connectivity index (χ1v) is 9.81. The van der Waals surface area contributed by atoms with Crippen molar-refractivity contribution in [1.29, 1.82) is 0 Å². The van der Waals surface area contributed by atoms with E-state index in [0.717, 1.165) is 19.5 Å². The predicted molar refractivity (Wildman–Crippen MR) is 105 cm³/mol. The molecule has 1 amide bonds. The number of anilines is 1. The van der Waals surface area contributed by atoms with Crippen molar-refractivity contribution in [2.45, 2.75) is 33.1 Å². The van der Waals surface area contributed by atoms with E-state index in [1.54, 1.807) is 12.1 Å². The van der Waals surface area contributed by atoms with Crippen LogP contribution in [0.15, 0.2) is 18.2 Å². The lowest BCUT2D eigenvalue weighted by Gasteiger charge is -2.36. The number of carbonyl (C=O) groups is 2. The maximum atomic E-state index is 12.8. The zero-order valence-electron chi connectivity index (χ0n) is 16.3. The van der Waals surface area contributed by atoms with Gasteiger partial charge in [-0.2, -0.15) is 0 Å². The van der Waals surface area contributed by atoms with Crippen LogP contribution < -0.4 is 4.90 Å². The fourth-order valence-corrected chi connectivity index (χ4v) is 4.48. The molecular formula is C20H27N3O5. The summed E-state index contributed by atoms with van der Waals surface area (Å²) in [5.41, 5.74) is 0.709. The van der Waals surface area contributed by atoms with Crippen LogP contribution in [0.25, 0.3) is 0 Å². The highest BCUT2D eigenvalue weighted by Gasteiger charge is 2.31. The standard InChI is InChI=1S/C20H27N3O5/c1-13-8-14(2)11-22(10-13)17-6-5-15(9-18(17)23(27)28)19(24)21-7-3-4-16(12-21)20(25)26/h5-6,9,13-14,16H,3-4,7-8,10-12H2,1-2H3,(H,25,26). The third kappa shape index (κ3) is 4.26. The average Bonchev–Trinajstić information content (AvgIpc) is 2.66. The first-order chi connectivity index (χ1) is 13.3. The summed E-state index contributed by atoms with van der Waals surface area (Å²) in [6, 6.07) is 4.62. The number of carboxylic acids is 1. The zero-order chi connectivity index (χ0) is 20.4. The minimum absolute atomic E-state index is 0.0704. The molecule has 1 aromatic carbocycles. The third-order valence-corrected chi connectivity index (χ3v) is 5.69.